The van der Waals surface area contributed by atoms with E-state index in [9.17, 15) is 13.2 Å². The van der Waals surface area contributed by atoms with E-state index < -0.39 is 11.7 Å². The second kappa shape index (κ2) is 8.04. The number of anilines is 1. The molecule has 144 valence electrons. The van der Waals surface area contributed by atoms with Crippen LogP contribution in [0, 0.1) is 5.41 Å². The number of benzene rings is 3. The molecule has 0 bridgehead atoms. The van der Waals surface area contributed by atoms with Gasteiger partial charge in [-0.1, -0.05) is 18.2 Å². The third kappa shape index (κ3) is 5.03. The first-order chi connectivity index (χ1) is 13.3. The van der Waals surface area contributed by atoms with Crippen molar-refractivity contribution in [1.29, 1.82) is 5.41 Å². The number of amidine groups is 1. The van der Waals surface area contributed by atoms with Crippen molar-refractivity contribution < 1.29 is 17.9 Å². The highest BCUT2D eigenvalue weighted by molar-refractivity contribution is 5.95. The summed E-state index contributed by atoms with van der Waals surface area (Å²) in [5.41, 5.74) is 7.07. The van der Waals surface area contributed by atoms with Gasteiger partial charge in [-0.05, 0) is 60.2 Å². The summed E-state index contributed by atoms with van der Waals surface area (Å²) in [5.74, 6) is 0.580. The molecule has 0 spiro atoms. The first kappa shape index (κ1) is 19.3. The summed E-state index contributed by atoms with van der Waals surface area (Å²) in [4.78, 5) is 0. The third-order valence-corrected chi connectivity index (χ3v) is 3.99. The standard InChI is InChI=1S/C21H18F3N3O/c22-21(23,24)16-4-2-6-19(12-16)28-18-5-1-3-14(11-18)13-27-17-9-7-15(8-10-17)20(25)26/h1-12,27H,13H2,(H3,25,26). The van der Waals surface area contributed by atoms with Crippen LogP contribution in [0.25, 0.3) is 0 Å². The lowest BCUT2D eigenvalue weighted by Crippen LogP contribution is -2.10. The fourth-order valence-corrected chi connectivity index (χ4v) is 2.56. The van der Waals surface area contributed by atoms with Gasteiger partial charge in [0.05, 0.1) is 5.56 Å². The highest BCUT2D eigenvalue weighted by atomic mass is 19.4. The first-order valence-electron chi connectivity index (χ1n) is 8.44. The maximum absolute atomic E-state index is 12.8. The summed E-state index contributed by atoms with van der Waals surface area (Å²) in [6.45, 7) is 0.499. The second-order valence-corrected chi connectivity index (χ2v) is 6.12. The molecule has 0 aromatic heterocycles. The minimum atomic E-state index is -4.41. The van der Waals surface area contributed by atoms with Crippen LogP contribution in [-0.4, -0.2) is 5.84 Å². The zero-order valence-electron chi connectivity index (χ0n) is 14.8. The van der Waals surface area contributed by atoms with E-state index in [4.69, 9.17) is 15.9 Å². The Hall–Kier alpha value is -3.48. The average Bonchev–Trinajstić information content (AvgIpc) is 2.66. The quantitative estimate of drug-likeness (QED) is 0.393. The number of ether oxygens (including phenoxy) is 1. The normalized spacial score (nSPS) is 11.1. The zero-order chi connectivity index (χ0) is 20.1. The van der Waals surface area contributed by atoms with Crippen LogP contribution in [0.2, 0.25) is 0 Å². The molecule has 0 saturated carbocycles. The molecule has 0 saturated heterocycles. The molecule has 4 nitrogen and oxygen atoms in total. The van der Waals surface area contributed by atoms with Gasteiger partial charge in [0.15, 0.2) is 0 Å². The molecule has 0 atom stereocenters. The van der Waals surface area contributed by atoms with Crippen LogP contribution in [0.15, 0.2) is 72.8 Å². The molecule has 0 aliphatic heterocycles. The molecular formula is C21H18F3N3O. The van der Waals surface area contributed by atoms with Gasteiger partial charge in [-0.3, -0.25) is 5.41 Å². The Kier molecular flexibility index (Phi) is 5.54. The number of nitrogen functional groups attached to an aromatic ring is 1. The van der Waals surface area contributed by atoms with Crippen molar-refractivity contribution in [2.75, 3.05) is 5.32 Å². The molecule has 3 rings (SSSR count). The average molecular weight is 385 g/mol. The maximum atomic E-state index is 12.8. The number of hydrogen-bond acceptors (Lipinski definition) is 3. The molecule has 7 heteroatoms. The fourth-order valence-electron chi connectivity index (χ4n) is 2.56. The molecular weight excluding hydrogens is 367 g/mol. The molecule has 3 aromatic rings. The molecule has 0 radical (unpaired) electrons. The largest absolute Gasteiger partial charge is 0.457 e. The second-order valence-electron chi connectivity index (χ2n) is 6.12. The van der Waals surface area contributed by atoms with Gasteiger partial charge in [-0.25, -0.2) is 0 Å². The van der Waals surface area contributed by atoms with Gasteiger partial charge in [-0.2, -0.15) is 13.2 Å². The van der Waals surface area contributed by atoms with Crippen LogP contribution in [0.4, 0.5) is 18.9 Å². The van der Waals surface area contributed by atoms with E-state index in [1.165, 1.54) is 12.1 Å². The van der Waals surface area contributed by atoms with Gasteiger partial charge >= 0.3 is 6.18 Å². The lowest BCUT2D eigenvalue weighted by atomic mass is 10.1. The van der Waals surface area contributed by atoms with Gasteiger partial charge in [0.1, 0.15) is 17.3 Å². The SMILES string of the molecule is N=C(N)c1ccc(NCc2cccc(Oc3cccc(C(F)(F)F)c3)c2)cc1. The maximum Gasteiger partial charge on any atom is 0.416 e. The number of nitrogens with two attached hydrogens (primary N) is 1. The van der Waals surface area contributed by atoms with Crippen LogP contribution in [0.1, 0.15) is 16.7 Å². The van der Waals surface area contributed by atoms with Gasteiger partial charge in [0.2, 0.25) is 0 Å². The summed E-state index contributed by atoms with van der Waals surface area (Å²) in [6, 6.07) is 19.0. The molecule has 3 aromatic carbocycles. The molecule has 0 unspecified atom stereocenters. The Morgan fingerprint density at radius 1 is 0.929 bits per heavy atom. The Morgan fingerprint density at radius 2 is 1.57 bits per heavy atom. The first-order valence-corrected chi connectivity index (χ1v) is 8.44. The smallest absolute Gasteiger partial charge is 0.416 e. The molecule has 0 heterocycles. The summed E-state index contributed by atoms with van der Waals surface area (Å²) in [5, 5.41) is 10.6. The number of hydrogen-bond donors (Lipinski definition) is 3. The summed E-state index contributed by atoms with van der Waals surface area (Å²) >= 11 is 0. The van der Waals surface area contributed by atoms with Gasteiger partial charge < -0.3 is 15.8 Å². The van der Waals surface area contributed by atoms with E-state index in [0.717, 1.165) is 23.4 Å². The molecule has 0 aliphatic carbocycles. The van der Waals surface area contributed by atoms with Crippen LogP contribution in [-0.2, 0) is 12.7 Å². The monoisotopic (exact) mass is 385 g/mol. The van der Waals surface area contributed by atoms with Crippen molar-refractivity contribution in [3.63, 3.8) is 0 Å². The number of nitrogens with one attached hydrogen (secondary N) is 2. The molecule has 0 fully saturated rings. The van der Waals surface area contributed by atoms with Crippen molar-refractivity contribution in [3.8, 4) is 11.5 Å². The van der Waals surface area contributed by atoms with E-state index in [1.54, 1.807) is 30.3 Å². The summed E-state index contributed by atoms with van der Waals surface area (Å²) in [7, 11) is 0. The topological polar surface area (TPSA) is 71.1 Å². The molecule has 0 aliphatic rings. The minimum Gasteiger partial charge on any atom is -0.457 e. The lowest BCUT2D eigenvalue weighted by Gasteiger charge is -2.11. The van der Waals surface area contributed by atoms with Gasteiger partial charge in [-0.15, -0.1) is 0 Å². The Balaban J connectivity index is 1.66. The Labute approximate surface area is 160 Å². The van der Waals surface area contributed by atoms with E-state index in [-0.39, 0.29) is 11.6 Å². The van der Waals surface area contributed by atoms with Crippen molar-refractivity contribution in [3.05, 3.63) is 89.5 Å². The zero-order valence-corrected chi connectivity index (χ0v) is 14.8. The predicted molar refractivity (Wildman–Crippen MR) is 103 cm³/mol. The van der Waals surface area contributed by atoms with E-state index in [0.29, 0.717) is 17.9 Å². The van der Waals surface area contributed by atoms with Crippen molar-refractivity contribution >= 4 is 11.5 Å². The van der Waals surface area contributed by atoms with Gasteiger partial charge in [0, 0.05) is 17.8 Å². The van der Waals surface area contributed by atoms with Crippen LogP contribution in [0.5, 0.6) is 11.5 Å². The minimum absolute atomic E-state index is 0.00555. The Morgan fingerprint density at radius 3 is 2.21 bits per heavy atom. The van der Waals surface area contributed by atoms with Crippen LogP contribution < -0.4 is 15.8 Å². The Bertz CT molecular complexity index is 969. The highest BCUT2D eigenvalue weighted by Gasteiger charge is 2.30. The van der Waals surface area contributed by atoms with Crippen LogP contribution in [0.3, 0.4) is 0 Å². The van der Waals surface area contributed by atoms with Crippen molar-refractivity contribution in [1.82, 2.24) is 0 Å². The lowest BCUT2D eigenvalue weighted by molar-refractivity contribution is -0.137. The van der Waals surface area contributed by atoms with E-state index in [1.807, 2.05) is 18.2 Å². The van der Waals surface area contributed by atoms with Crippen molar-refractivity contribution in [2.45, 2.75) is 12.7 Å². The third-order valence-electron chi connectivity index (χ3n) is 3.99. The highest BCUT2D eigenvalue weighted by Crippen LogP contribution is 2.32. The number of rotatable bonds is 6. The number of halogens is 3. The van der Waals surface area contributed by atoms with Crippen LogP contribution >= 0.6 is 0 Å². The predicted octanol–water partition coefficient (Wildman–Crippen LogP) is 5.39. The molecule has 4 N–H and O–H groups in total. The van der Waals surface area contributed by atoms with E-state index >= 15 is 0 Å². The van der Waals surface area contributed by atoms with E-state index in [2.05, 4.69) is 5.32 Å². The van der Waals surface area contributed by atoms with Gasteiger partial charge in [0.25, 0.3) is 0 Å². The summed E-state index contributed by atoms with van der Waals surface area (Å²) < 4.78 is 44.0. The summed E-state index contributed by atoms with van der Waals surface area (Å²) in [6.07, 6.45) is -4.41. The van der Waals surface area contributed by atoms with Crippen molar-refractivity contribution in [2.24, 2.45) is 5.73 Å². The molecule has 0 amide bonds. The number of alkyl halides is 3. The fraction of sp³-hybridized carbons (Fsp3) is 0.0952. The molecule has 28 heavy (non-hydrogen) atoms.